The summed E-state index contributed by atoms with van der Waals surface area (Å²) in [7, 11) is 1.27. The van der Waals surface area contributed by atoms with Crippen LogP contribution in [-0.2, 0) is 11.3 Å². The number of aromatic nitrogens is 3. The number of aryl methyl sites for hydroxylation is 2. The fourth-order valence-electron chi connectivity index (χ4n) is 4.23. The van der Waals surface area contributed by atoms with E-state index in [2.05, 4.69) is 26.0 Å². The van der Waals surface area contributed by atoms with Crippen LogP contribution in [0.5, 0.6) is 0 Å². The van der Waals surface area contributed by atoms with Crippen molar-refractivity contribution < 1.29 is 19.1 Å². The maximum Gasteiger partial charge on any atom is 0.337 e. The van der Waals surface area contributed by atoms with E-state index in [1.807, 2.05) is 12.1 Å². The zero-order valence-corrected chi connectivity index (χ0v) is 24.2. The van der Waals surface area contributed by atoms with Crippen LogP contribution >= 0.6 is 11.6 Å². The van der Waals surface area contributed by atoms with E-state index in [4.69, 9.17) is 16.3 Å². The van der Waals surface area contributed by atoms with Crippen LogP contribution in [0, 0.1) is 6.92 Å². The number of esters is 1. The Kier molecular flexibility index (Phi) is 9.33. The number of nitrogens with one attached hydrogen (secondary N) is 3. The molecule has 42 heavy (non-hydrogen) atoms. The number of ether oxygens (including phenoxy) is 1. The van der Waals surface area contributed by atoms with Gasteiger partial charge in [-0.05, 0) is 67.8 Å². The van der Waals surface area contributed by atoms with Crippen LogP contribution < -0.4 is 21.5 Å². The van der Waals surface area contributed by atoms with Gasteiger partial charge in [-0.2, -0.15) is 5.10 Å². The molecule has 11 nitrogen and oxygen atoms in total. The maximum absolute atomic E-state index is 13.0. The summed E-state index contributed by atoms with van der Waals surface area (Å²) < 4.78 is 6.13. The molecular formula is C30H29ClN6O5. The predicted octanol–water partition coefficient (Wildman–Crippen LogP) is 5.13. The van der Waals surface area contributed by atoms with Crippen molar-refractivity contribution in [1.29, 1.82) is 0 Å². The van der Waals surface area contributed by atoms with E-state index in [0.29, 0.717) is 45.7 Å². The van der Waals surface area contributed by atoms with Gasteiger partial charge in [0.2, 0.25) is 0 Å². The quantitative estimate of drug-likeness (QED) is 0.242. The van der Waals surface area contributed by atoms with Crippen molar-refractivity contribution in [2.45, 2.75) is 27.3 Å². The smallest absolute Gasteiger partial charge is 0.337 e. The summed E-state index contributed by atoms with van der Waals surface area (Å²) in [5, 5.41) is 12.7. The molecule has 216 valence electrons. The Bertz CT molecular complexity index is 1720. The summed E-state index contributed by atoms with van der Waals surface area (Å²) >= 11 is 6.18. The van der Waals surface area contributed by atoms with Crippen LogP contribution in [0.1, 0.15) is 40.1 Å². The van der Waals surface area contributed by atoms with Crippen LogP contribution in [0.2, 0.25) is 5.02 Å². The van der Waals surface area contributed by atoms with Crippen molar-refractivity contribution in [3.63, 3.8) is 0 Å². The van der Waals surface area contributed by atoms with Crippen LogP contribution in [-0.4, -0.2) is 46.3 Å². The molecule has 3 amide bonds. The summed E-state index contributed by atoms with van der Waals surface area (Å²) in [6.07, 6.45) is 2.97. The molecule has 0 saturated heterocycles. The minimum atomic E-state index is -0.658. The van der Waals surface area contributed by atoms with Crippen molar-refractivity contribution in [1.82, 2.24) is 20.1 Å². The van der Waals surface area contributed by atoms with Crippen LogP contribution in [0.15, 0.2) is 65.7 Å². The number of urea groups is 1. The van der Waals surface area contributed by atoms with E-state index in [9.17, 15) is 19.2 Å². The van der Waals surface area contributed by atoms with Gasteiger partial charge in [-0.15, -0.1) is 0 Å². The van der Waals surface area contributed by atoms with E-state index >= 15 is 0 Å². The largest absolute Gasteiger partial charge is 0.465 e. The molecule has 0 fully saturated rings. The lowest BCUT2D eigenvalue weighted by Gasteiger charge is -2.14. The minimum absolute atomic E-state index is 0.0128. The lowest BCUT2D eigenvalue weighted by atomic mass is 9.97. The normalized spacial score (nSPS) is 10.6. The molecule has 0 bridgehead atoms. The van der Waals surface area contributed by atoms with Gasteiger partial charge in [0.1, 0.15) is 5.69 Å². The van der Waals surface area contributed by atoms with E-state index in [1.165, 1.54) is 30.1 Å². The number of hydrogen-bond acceptors (Lipinski definition) is 7. The highest BCUT2D eigenvalue weighted by atomic mass is 35.5. The van der Waals surface area contributed by atoms with Gasteiger partial charge in [0, 0.05) is 36.6 Å². The molecular weight excluding hydrogens is 560 g/mol. The zero-order valence-electron chi connectivity index (χ0n) is 23.4. The first kappa shape index (κ1) is 29.9. The van der Waals surface area contributed by atoms with E-state index in [0.717, 1.165) is 0 Å². The molecule has 0 aliphatic rings. The van der Waals surface area contributed by atoms with Gasteiger partial charge >= 0.3 is 12.0 Å². The summed E-state index contributed by atoms with van der Waals surface area (Å²) in [5.41, 5.74) is 3.43. The van der Waals surface area contributed by atoms with E-state index < -0.39 is 17.6 Å². The molecule has 3 N–H and O–H groups in total. The highest BCUT2D eigenvalue weighted by molar-refractivity contribution is 6.33. The van der Waals surface area contributed by atoms with E-state index in [-0.39, 0.29) is 28.7 Å². The SMILES string of the molecule is CCNC(=O)c1cc(C(=O)OC)cc(-c2cccc(-c3cc(NC(=O)Nc4c(C)cncc4Cl)c(=O)n(CC)n3)c2)c1. The number of halogens is 1. The maximum atomic E-state index is 13.0. The molecule has 2 heterocycles. The first-order valence-electron chi connectivity index (χ1n) is 13.1. The number of carbonyl (C=O) groups excluding carboxylic acids is 3. The fraction of sp³-hybridized carbons (Fsp3) is 0.200. The standard InChI is InChI=1S/C30H29ClN6O5/c1-5-33-27(38)21-11-20(12-22(13-21)29(40)42-4)18-8-7-9-19(10-18)24-14-25(28(39)37(6-2)36-24)34-30(41)35-26-17(3)15-32-16-23(26)31/h7-16H,5-6H2,1-4H3,(H,33,38)(H2,32,34,35,41). The Morgan fingerprint density at radius 1 is 0.952 bits per heavy atom. The first-order chi connectivity index (χ1) is 20.1. The highest BCUT2D eigenvalue weighted by Gasteiger charge is 2.17. The van der Waals surface area contributed by atoms with Gasteiger partial charge < -0.3 is 20.7 Å². The van der Waals surface area contributed by atoms with Crippen LogP contribution in [0.3, 0.4) is 0 Å². The molecule has 0 unspecified atom stereocenters. The van der Waals surface area contributed by atoms with Crippen molar-refractivity contribution in [2.24, 2.45) is 0 Å². The second kappa shape index (κ2) is 13.1. The molecule has 0 spiro atoms. The summed E-state index contributed by atoms with van der Waals surface area (Å²) in [6.45, 7) is 6.00. The van der Waals surface area contributed by atoms with Gasteiger partial charge in [-0.25, -0.2) is 14.3 Å². The molecule has 0 aliphatic carbocycles. The Morgan fingerprint density at radius 3 is 2.38 bits per heavy atom. The second-order valence-electron chi connectivity index (χ2n) is 9.19. The van der Waals surface area contributed by atoms with Crippen LogP contribution in [0.25, 0.3) is 22.4 Å². The van der Waals surface area contributed by atoms with E-state index in [1.54, 1.807) is 51.2 Å². The number of anilines is 2. The number of rotatable bonds is 8. The van der Waals surface area contributed by atoms with Gasteiger partial charge in [0.15, 0.2) is 0 Å². The molecule has 12 heteroatoms. The summed E-state index contributed by atoms with van der Waals surface area (Å²) in [4.78, 5) is 54.8. The fourth-order valence-corrected chi connectivity index (χ4v) is 4.48. The molecule has 0 radical (unpaired) electrons. The number of methoxy groups -OCH3 is 1. The van der Waals surface area contributed by atoms with Crippen LogP contribution in [0.4, 0.5) is 16.2 Å². The van der Waals surface area contributed by atoms with Crippen molar-refractivity contribution in [2.75, 3.05) is 24.3 Å². The minimum Gasteiger partial charge on any atom is -0.465 e. The third-order valence-corrected chi connectivity index (χ3v) is 6.58. The molecule has 2 aromatic heterocycles. The average Bonchev–Trinajstić information content (AvgIpc) is 2.99. The van der Waals surface area contributed by atoms with Gasteiger partial charge in [0.05, 0.1) is 29.1 Å². The first-order valence-corrected chi connectivity index (χ1v) is 13.5. The third-order valence-electron chi connectivity index (χ3n) is 6.30. The Hall–Kier alpha value is -5.03. The highest BCUT2D eigenvalue weighted by Crippen LogP contribution is 2.28. The predicted molar refractivity (Wildman–Crippen MR) is 161 cm³/mol. The van der Waals surface area contributed by atoms with Crippen molar-refractivity contribution in [3.05, 3.63) is 93.0 Å². The number of pyridine rings is 1. The molecule has 0 atom stereocenters. The Morgan fingerprint density at radius 2 is 1.69 bits per heavy atom. The number of benzene rings is 2. The number of hydrogen-bond donors (Lipinski definition) is 3. The Labute approximate surface area is 246 Å². The second-order valence-corrected chi connectivity index (χ2v) is 9.59. The lowest BCUT2D eigenvalue weighted by Crippen LogP contribution is -2.30. The number of carbonyl (C=O) groups is 3. The van der Waals surface area contributed by atoms with Gasteiger partial charge in [-0.1, -0.05) is 29.8 Å². The Balaban J connectivity index is 1.73. The zero-order chi connectivity index (χ0) is 30.4. The monoisotopic (exact) mass is 588 g/mol. The molecule has 0 aliphatic heterocycles. The summed E-state index contributed by atoms with van der Waals surface area (Å²) in [5.74, 6) is -0.901. The topological polar surface area (TPSA) is 144 Å². The number of amides is 3. The molecule has 4 aromatic rings. The van der Waals surface area contributed by atoms with Gasteiger partial charge in [-0.3, -0.25) is 14.6 Å². The summed E-state index contributed by atoms with van der Waals surface area (Å²) in [6, 6.07) is 12.9. The molecule has 4 rings (SSSR count). The van der Waals surface area contributed by atoms with Gasteiger partial charge in [0.25, 0.3) is 11.5 Å². The molecule has 2 aromatic carbocycles. The van der Waals surface area contributed by atoms with Crippen molar-refractivity contribution >= 4 is 40.9 Å². The molecule has 0 saturated carbocycles. The number of nitrogens with zero attached hydrogens (tertiary/aromatic N) is 3. The third kappa shape index (κ3) is 6.64. The average molecular weight is 589 g/mol. The van der Waals surface area contributed by atoms with Crippen molar-refractivity contribution in [3.8, 4) is 22.4 Å². The lowest BCUT2D eigenvalue weighted by molar-refractivity contribution is 0.0600.